The smallest absolute Gasteiger partial charge is 0.404 e. The van der Waals surface area contributed by atoms with Gasteiger partial charge in [-0.25, -0.2) is 4.79 Å². The van der Waals surface area contributed by atoms with Crippen molar-refractivity contribution in [2.75, 3.05) is 59.5 Å². The van der Waals surface area contributed by atoms with E-state index >= 15 is 0 Å². The Balaban J connectivity index is 2.95. The van der Waals surface area contributed by atoms with Crippen molar-refractivity contribution < 1.29 is 28.5 Å². The average Bonchev–Trinajstić information content (AvgIpc) is 2.39. The van der Waals surface area contributed by atoms with Crippen molar-refractivity contribution in [3.8, 4) is 12.3 Å². The van der Waals surface area contributed by atoms with Gasteiger partial charge in [-0.05, 0) is 0 Å². The summed E-state index contributed by atoms with van der Waals surface area (Å²) < 4.78 is 25.1. The first-order valence-corrected chi connectivity index (χ1v) is 5.94. The second-order valence-electron chi connectivity index (χ2n) is 3.26. The molecule has 2 N–H and O–H groups in total. The van der Waals surface area contributed by atoms with Crippen LogP contribution in [0.3, 0.4) is 0 Å². The molecule has 110 valence electrons. The Morgan fingerprint density at radius 2 is 1.26 bits per heavy atom. The average molecular weight is 275 g/mol. The van der Waals surface area contributed by atoms with Gasteiger partial charge in [0.1, 0.15) is 13.2 Å². The van der Waals surface area contributed by atoms with Crippen LogP contribution in [0.5, 0.6) is 0 Å². The van der Waals surface area contributed by atoms with E-state index in [1.807, 2.05) is 0 Å². The number of hydrogen-bond acceptors (Lipinski definition) is 6. The predicted molar refractivity (Wildman–Crippen MR) is 67.6 cm³/mol. The Morgan fingerprint density at radius 1 is 0.842 bits per heavy atom. The minimum atomic E-state index is -0.803. The SMILES string of the molecule is C#CCOCCOCCOCCOCCOC(N)=O. The highest BCUT2D eigenvalue weighted by atomic mass is 16.6. The summed E-state index contributed by atoms with van der Waals surface area (Å²) in [6, 6.07) is 0. The monoisotopic (exact) mass is 275 g/mol. The highest BCUT2D eigenvalue weighted by Gasteiger charge is 1.94. The number of carbonyl (C=O) groups is 1. The summed E-state index contributed by atoms with van der Waals surface area (Å²) in [7, 11) is 0. The fourth-order valence-electron chi connectivity index (χ4n) is 0.992. The van der Waals surface area contributed by atoms with Crippen LogP contribution in [0.1, 0.15) is 0 Å². The lowest BCUT2D eigenvalue weighted by Crippen LogP contribution is -2.17. The van der Waals surface area contributed by atoms with Crippen molar-refractivity contribution >= 4 is 6.09 Å². The normalized spacial score (nSPS) is 10.1. The lowest BCUT2D eigenvalue weighted by Gasteiger charge is -2.06. The third-order valence-corrected chi connectivity index (χ3v) is 1.77. The molecule has 0 bridgehead atoms. The molecule has 0 unspecified atom stereocenters. The van der Waals surface area contributed by atoms with Gasteiger partial charge in [-0.1, -0.05) is 5.92 Å². The summed E-state index contributed by atoms with van der Waals surface area (Å²) in [5.74, 6) is 2.36. The summed E-state index contributed by atoms with van der Waals surface area (Å²) in [6.45, 7) is 3.57. The molecule has 0 aromatic carbocycles. The van der Waals surface area contributed by atoms with Gasteiger partial charge in [0.25, 0.3) is 0 Å². The van der Waals surface area contributed by atoms with Crippen LogP contribution in [0, 0.1) is 12.3 Å². The highest BCUT2D eigenvalue weighted by Crippen LogP contribution is 1.83. The molecule has 0 aromatic rings. The standard InChI is InChI=1S/C12H21NO6/c1-2-3-15-4-5-16-6-7-17-8-9-18-10-11-19-12(13)14/h1H,3-11H2,(H2,13,14). The van der Waals surface area contributed by atoms with Crippen LogP contribution < -0.4 is 5.73 Å². The summed E-state index contributed by atoms with van der Waals surface area (Å²) in [4.78, 5) is 10.2. The maximum Gasteiger partial charge on any atom is 0.404 e. The molecule has 7 heteroatoms. The van der Waals surface area contributed by atoms with E-state index in [2.05, 4.69) is 10.7 Å². The minimum absolute atomic E-state index is 0.149. The van der Waals surface area contributed by atoms with Gasteiger partial charge in [0.05, 0.1) is 46.2 Å². The molecule has 7 nitrogen and oxygen atoms in total. The van der Waals surface area contributed by atoms with Gasteiger partial charge in [0.2, 0.25) is 0 Å². The second-order valence-corrected chi connectivity index (χ2v) is 3.26. The van der Waals surface area contributed by atoms with Crippen LogP contribution in [0.15, 0.2) is 0 Å². The molecule has 19 heavy (non-hydrogen) atoms. The Morgan fingerprint density at radius 3 is 1.68 bits per heavy atom. The van der Waals surface area contributed by atoms with Gasteiger partial charge in [-0.15, -0.1) is 6.42 Å². The summed E-state index contributed by atoms with van der Waals surface area (Å²) in [6.07, 6.45) is 4.20. The molecular weight excluding hydrogens is 254 g/mol. The molecule has 1 amide bonds. The van der Waals surface area contributed by atoms with Crippen LogP contribution in [0.2, 0.25) is 0 Å². The lowest BCUT2D eigenvalue weighted by molar-refractivity contribution is -0.00376. The fourth-order valence-corrected chi connectivity index (χ4v) is 0.992. The van der Waals surface area contributed by atoms with E-state index in [1.54, 1.807) is 0 Å². The number of nitrogens with two attached hydrogens (primary N) is 1. The molecule has 0 spiro atoms. The molecule has 0 aliphatic rings. The van der Waals surface area contributed by atoms with E-state index in [0.29, 0.717) is 52.9 Å². The number of ether oxygens (including phenoxy) is 5. The summed E-state index contributed by atoms with van der Waals surface area (Å²) in [5.41, 5.74) is 4.77. The van der Waals surface area contributed by atoms with Gasteiger partial charge in [0.15, 0.2) is 0 Å². The molecule has 0 aliphatic heterocycles. The third-order valence-electron chi connectivity index (χ3n) is 1.77. The van der Waals surface area contributed by atoms with Crippen LogP contribution in [0.4, 0.5) is 4.79 Å². The lowest BCUT2D eigenvalue weighted by atomic mass is 10.7. The second kappa shape index (κ2) is 14.7. The van der Waals surface area contributed by atoms with Gasteiger partial charge in [-0.3, -0.25) is 0 Å². The molecule has 0 atom stereocenters. The molecule has 0 heterocycles. The van der Waals surface area contributed by atoms with Crippen molar-refractivity contribution in [2.24, 2.45) is 5.73 Å². The zero-order valence-electron chi connectivity index (χ0n) is 11.0. The third kappa shape index (κ3) is 16.7. The number of rotatable bonds is 13. The number of amides is 1. The first-order chi connectivity index (χ1) is 9.27. The van der Waals surface area contributed by atoms with E-state index in [-0.39, 0.29) is 6.61 Å². The molecule has 0 rings (SSSR count). The minimum Gasteiger partial charge on any atom is -0.447 e. The van der Waals surface area contributed by atoms with E-state index in [0.717, 1.165) is 0 Å². The quantitative estimate of drug-likeness (QED) is 0.369. The Bertz CT molecular complexity index is 253. The topological polar surface area (TPSA) is 89.2 Å². The zero-order chi connectivity index (χ0) is 14.2. The van der Waals surface area contributed by atoms with E-state index in [4.69, 9.17) is 31.1 Å². The molecular formula is C12H21NO6. The number of carbonyl (C=O) groups excluding carboxylic acids is 1. The number of hydrogen-bond donors (Lipinski definition) is 1. The molecule has 0 aromatic heterocycles. The molecule has 0 fully saturated rings. The van der Waals surface area contributed by atoms with E-state index < -0.39 is 6.09 Å². The fraction of sp³-hybridized carbons (Fsp3) is 0.750. The molecule has 0 saturated carbocycles. The maximum absolute atomic E-state index is 10.2. The highest BCUT2D eigenvalue weighted by molar-refractivity contribution is 5.64. The summed E-state index contributed by atoms with van der Waals surface area (Å²) >= 11 is 0. The molecule has 0 saturated heterocycles. The van der Waals surface area contributed by atoms with Crippen molar-refractivity contribution in [3.63, 3.8) is 0 Å². The summed E-state index contributed by atoms with van der Waals surface area (Å²) in [5, 5.41) is 0. The maximum atomic E-state index is 10.2. The van der Waals surface area contributed by atoms with Gasteiger partial charge >= 0.3 is 6.09 Å². The van der Waals surface area contributed by atoms with E-state index in [1.165, 1.54) is 0 Å². The van der Waals surface area contributed by atoms with Gasteiger partial charge in [0, 0.05) is 0 Å². The van der Waals surface area contributed by atoms with Crippen LogP contribution in [-0.2, 0) is 23.7 Å². The van der Waals surface area contributed by atoms with Gasteiger partial charge < -0.3 is 29.4 Å². The van der Waals surface area contributed by atoms with Crippen LogP contribution >= 0.6 is 0 Å². The van der Waals surface area contributed by atoms with Crippen molar-refractivity contribution in [1.29, 1.82) is 0 Å². The van der Waals surface area contributed by atoms with Gasteiger partial charge in [-0.2, -0.15) is 0 Å². The number of terminal acetylenes is 1. The first-order valence-electron chi connectivity index (χ1n) is 5.94. The zero-order valence-corrected chi connectivity index (χ0v) is 11.0. The van der Waals surface area contributed by atoms with Crippen molar-refractivity contribution in [1.82, 2.24) is 0 Å². The first kappa shape index (κ1) is 17.7. The van der Waals surface area contributed by atoms with E-state index in [9.17, 15) is 4.79 Å². The largest absolute Gasteiger partial charge is 0.447 e. The van der Waals surface area contributed by atoms with Crippen LogP contribution in [-0.4, -0.2) is 65.6 Å². The Labute approximate surface area is 113 Å². The predicted octanol–water partition coefficient (Wildman–Crippen LogP) is -0.219. The Kier molecular flexibility index (Phi) is 13.7. The number of primary amides is 1. The molecule has 0 radical (unpaired) electrons. The van der Waals surface area contributed by atoms with Crippen molar-refractivity contribution in [2.45, 2.75) is 0 Å². The Hall–Kier alpha value is -1.33. The molecule has 0 aliphatic carbocycles. The van der Waals surface area contributed by atoms with Crippen molar-refractivity contribution in [3.05, 3.63) is 0 Å². The van der Waals surface area contributed by atoms with Crippen LogP contribution in [0.25, 0.3) is 0 Å².